The number of esters is 1. The Morgan fingerprint density at radius 2 is 1.85 bits per heavy atom. The van der Waals surface area contributed by atoms with Gasteiger partial charge in [-0.2, -0.15) is 11.8 Å². The van der Waals surface area contributed by atoms with Crippen molar-refractivity contribution in [3.8, 4) is 23.0 Å². The number of pyridine rings is 1. The number of thioether (sulfide) groups is 1. The van der Waals surface area contributed by atoms with Gasteiger partial charge in [-0.1, -0.05) is 36.1 Å². The number of hydrogen-bond acceptors (Lipinski definition) is 5. The number of nitrogens with zero attached hydrogens (tertiary/aromatic N) is 1. The molecule has 0 aliphatic rings. The number of carbonyl (C=O) groups excluding carboxylic acids is 2. The van der Waals surface area contributed by atoms with Crippen LogP contribution in [0.2, 0.25) is 0 Å². The molecule has 1 amide bonds. The summed E-state index contributed by atoms with van der Waals surface area (Å²) in [5.41, 5.74) is 4.81. The number of nitrogens with one attached hydrogen (secondary N) is 1. The minimum absolute atomic E-state index is 0.323. The summed E-state index contributed by atoms with van der Waals surface area (Å²) in [6.45, 7) is 2.00. The molecular weight excluding hydrogens is 432 g/mol. The Morgan fingerprint density at radius 1 is 1.06 bits per heavy atom. The van der Waals surface area contributed by atoms with E-state index in [0.717, 1.165) is 33.6 Å². The Labute approximate surface area is 199 Å². The number of aromatic nitrogens is 1. The lowest BCUT2D eigenvalue weighted by Crippen LogP contribution is -2.42. The molecule has 168 valence electrons. The topological polar surface area (TPSA) is 68.3 Å². The van der Waals surface area contributed by atoms with Crippen LogP contribution in [0.25, 0.3) is 11.1 Å². The Balaban J connectivity index is 2.00. The molecule has 1 heterocycles. The zero-order chi connectivity index (χ0) is 23.6. The van der Waals surface area contributed by atoms with Gasteiger partial charge in [-0.25, -0.2) is 4.79 Å². The van der Waals surface area contributed by atoms with E-state index >= 15 is 0 Å². The fraction of sp³-hybridized carbons (Fsp3) is 0.222. The third-order valence-corrected chi connectivity index (χ3v) is 5.76. The highest BCUT2D eigenvalue weighted by Crippen LogP contribution is 2.28. The third kappa shape index (κ3) is 6.47. The third-order valence-electron chi connectivity index (χ3n) is 5.11. The average molecular weight is 459 g/mol. The van der Waals surface area contributed by atoms with Crippen LogP contribution in [0.3, 0.4) is 0 Å². The number of methoxy groups -OCH3 is 1. The summed E-state index contributed by atoms with van der Waals surface area (Å²) in [7, 11) is 1.33. The molecule has 1 N–H and O–H groups in total. The summed E-state index contributed by atoms with van der Waals surface area (Å²) in [5.74, 6) is 6.22. The molecule has 0 fully saturated rings. The Bertz CT molecular complexity index is 1180. The Morgan fingerprint density at radius 3 is 2.55 bits per heavy atom. The molecule has 1 aromatic heterocycles. The summed E-state index contributed by atoms with van der Waals surface area (Å²) >= 11 is 1.61. The lowest BCUT2D eigenvalue weighted by atomic mass is 9.93. The lowest BCUT2D eigenvalue weighted by molar-refractivity contribution is -0.142. The number of benzene rings is 2. The molecule has 6 heteroatoms. The van der Waals surface area contributed by atoms with Crippen LogP contribution in [0.1, 0.15) is 33.5 Å². The maximum absolute atomic E-state index is 13.3. The first kappa shape index (κ1) is 24.1. The van der Waals surface area contributed by atoms with E-state index in [1.165, 1.54) is 7.11 Å². The molecule has 0 saturated carbocycles. The van der Waals surface area contributed by atoms with Gasteiger partial charge in [-0.3, -0.25) is 9.78 Å². The van der Waals surface area contributed by atoms with Crippen LogP contribution >= 0.6 is 11.8 Å². The summed E-state index contributed by atoms with van der Waals surface area (Å²) < 4.78 is 4.89. The van der Waals surface area contributed by atoms with E-state index in [0.29, 0.717) is 12.0 Å². The standard InChI is InChI=1S/C27H26N2O3S/c1-19-7-4-5-9-22(19)24-17-20(10-11-21-8-6-15-28-18-21)12-13-23(24)26(30)29-25(14-16-33-3)27(31)32-2/h4-9,12-13,15,17-18,25H,14,16H2,1-3H3,(H,29,30)/t25-/m0/s1. The van der Waals surface area contributed by atoms with Gasteiger partial charge < -0.3 is 10.1 Å². The van der Waals surface area contributed by atoms with Crippen molar-refractivity contribution >= 4 is 23.6 Å². The van der Waals surface area contributed by atoms with Crippen LogP contribution in [-0.4, -0.2) is 42.0 Å². The van der Waals surface area contributed by atoms with Crippen LogP contribution in [-0.2, 0) is 9.53 Å². The molecule has 2 aromatic carbocycles. The normalized spacial score (nSPS) is 11.1. The SMILES string of the molecule is COC(=O)[C@H](CCSC)NC(=O)c1ccc(C#Cc2cccnc2)cc1-c1ccccc1C. The number of ether oxygens (including phenoxy) is 1. The largest absolute Gasteiger partial charge is 0.467 e. The zero-order valence-corrected chi connectivity index (χ0v) is 19.7. The van der Waals surface area contributed by atoms with Gasteiger partial charge in [0.2, 0.25) is 0 Å². The maximum atomic E-state index is 13.3. The molecule has 0 aliphatic carbocycles. The van der Waals surface area contributed by atoms with Crippen molar-refractivity contribution in [1.29, 1.82) is 0 Å². The fourth-order valence-electron chi connectivity index (χ4n) is 3.36. The van der Waals surface area contributed by atoms with Crippen molar-refractivity contribution in [2.45, 2.75) is 19.4 Å². The van der Waals surface area contributed by atoms with Crippen LogP contribution < -0.4 is 5.32 Å². The molecule has 0 spiro atoms. The first-order chi connectivity index (χ1) is 16.0. The molecule has 0 bridgehead atoms. The van der Waals surface area contributed by atoms with Crippen LogP contribution in [0, 0.1) is 18.8 Å². The smallest absolute Gasteiger partial charge is 0.328 e. The van der Waals surface area contributed by atoms with Gasteiger partial charge >= 0.3 is 5.97 Å². The summed E-state index contributed by atoms with van der Waals surface area (Å²) in [4.78, 5) is 29.5. The van der Waals surface area contributed by atoms with E-state index in [2.05, 4.69) is 22.1 Å². The molecule has 0 unspecified atom stereocenters. The average Bonchev–Trinajstić information content (AvgIpc) is 2.85. The number of carbonyl (C=O) groups is 2. The van der Waals surface area contributed by atoms with Crippen molar-refractivity contribution in [1.82, 2.24) is 10.3 Å². The second kappa shape index (κ2) is 11.9. The molecule has 3 aromatic rings. The number of amides is 1. The highest BCUT2D eigenvalue weighted by Gasteiger charge is 2.23. The number of hydrogen-bond donors (Lipinski definition) is 1. The number of rotatable bonds is 7. The summed E-state index contributed by atoms with van der Waals surface area (Å²) in [5, 5.41) is 2.85. The minimum atomic E-state index is -0.704. The number of aryl methyl sites for hydroxylation is 1. The van der Waals surface area contributed by atoms with Crippen molar-refractivity contribution in [2.75, 3.05) is 19.1 Å². The minimum Gasteiger partial charge on any atom is -0.467 e. The van der Waals surface area contributed by atoms with Crippen LogP contribution in [0.4, 0.5) is 0 Å². The predicted molar refractivity (Wildman–Crippen MR) is 133 cm³/mol. The van der Waals surface area contributed by atoms with E-state index in [9.17, 15) is 9.59 Å². The van der Waals surface area contributed by atoms with E-state index < -0.39 is 12.0 Å². The van der Waals surface area contributed by atoms with Gasteiger partial charge in [-0.05, 0) is 72.4 Å². The van der Waals surface area contributed by atoms with Crippen LogP contribution in [0.15, 0.2) is 67.0 Å². The monoisotopic (exact) mass is 458 g/mol. The molecule has 1 atom stereocenters. The van der Waals surface area contributed by atoms with Gasteiger partial charge in [0.15, 0.2) is 0 Å². The summed E-state index contributed by atoms with van der Waals surface area (Å²) in [6, 6.07) is 16.4. The van der Waals surface area contributed by atoms with Crippen molar-refractivity contribution in [2.24, 2.45) is 0 Å². The van der Waals surface area contributed by atoms with Crippen LogP contribution in [0.5, 0.6) is 0 Å². The Hall–Kier alpha value is -3.56. The zero-order valence-electron chi connectivity index (χ0n) is 18.9. The van der Waals surface area contributed by atoms with E-state index in [1.807, 2.05) is 61.7 Å². The van der Waals surface area contributed by atoms with Crippen molar-refractivity contribution in [3.63, 3.8) is 0 Å². The Kier molecular flexibility index (Phi) is 8.68. The predicted octanol–water partition coefficient (Wildman–Crippen LogP) is 4.48. The molecule has 5 nitrogen and oxygen atoms in total. The van der Waals surface area contributed by atoms with E-state index in [1.54, 1.807) is 30.2 Å². The molecule has 0 aliphatic heterocycles. The first-order valence-electron chi connectivity index (χ1n) is 10.5. The quantitative estimate of drug-likeness (QED) is 0.418. The maximum Gasteiger partial charge on any atom is 0.328 e. The molecule has 0 saturated heterocycles. The lowest BCUT2D eigenvalue weighted by Gasteiger charge is -2.18. The van der Waals surface area contributed by atoms with E-state index in [-0.39, 0.29) is 5.91 Å². The first-order valence-corrected chi connectivity index (χ1v) is 11.9. The fourth-order valence-corrected chi connectivity index (χ4v) is 3.83. The highest BCUT2D eigenvalue weighted by atomic mass is 32.2. The molecule has 3 rings (SSSR count). The summed E-state index contributed by atoms with van der Waals surface area (Å²) in [6.07, 6.45) is 5.86. The molecule has 33 heavy (non-hydrogen) atoms. The second-order valence-corrected chi connectivity index (χ2v) is 8.38. The van der Waals surface area contributed by atoms with Gasteiger partial charge in [0, 0.05) is 29.1 Å². The van der Waals surface area contributed by atoms with Crippen molar-refractivity contribution in [3.05, 3.63) is 89.2 Å². The highest BCUT2D eigenvalue weighted by molar-refractivity contribution is 7.98. The van der Waals surface area contributed by atoms with E-state index in [4.69, 9.17) is 4.74 Å². The van der Waals surface area contributed by atoms with Gasteiger partial charge in [0.1, 0.15) is 6.04 Å². The molecular formula is C27H26N2O3S. The van der Waals surface area contributed by atoms with Gasteiger partial charge in [-0.15, -0.1) is 0 Å². The van der Waals surface area contributed by atoms with Gasteiger partial charge in [0.05, 0.1) is 7.11 Å². The van der Waals surface area contributed by atoms with Gasteiger partial charge in [0.25, 0.3) is 5.91 Å². The molecule has 0 radical (unpaired) electrons. The second-order valence-electron chi connectivity index (χ2n) is 7.40. The van der Waals surface area contributed by atoms with Crippen molar-refractivity contribution < 1.29 is 14.3 Å².